The fraction of sp³-hybridized carbons (Fsp3) is 0.0909. The van der Waals surface area contributed by atoms with E-state index in [1.54, 1.807) is 43.5 Å². The minimum atomic E-state index is -0.220. The lowest BCUT2D eigenvalue weighted by atomic mass is 10.0. The lowest BCUT2D eigenvalue weighted by Gasteiger charge is -2.12. The maximum absolute atomic E-state index is 12.6. The number of ether oxygens (including phenoxy) is 1. The third-order valence-electron chi connectivity index (χ3n) is 4.01. The van der Waals surface area contributed by atoms with Gasteiger partial charge < -0.3 is 15.4 Å². The lowest BCUT2D eigenvalue weighted by Crippen LogP contribution is -2.12. The molecule has 0 spiro atoms. The normalized spacial score (nSPS) is 10.1. The molecule has 0 atom stereocenters. The van der Waals surface area contributed by atoms with E-state index in [0.29, 0.717) is 22.7 Å². The first kappa shape index (κ1) is 18.2. The molecule has 5 heteroatoms. The molecule has 0 fully saturated rings. The largest absolute Gasteiger partial charge is 0.496 e. The summed E-state index contributed by atoms with van der Waals surface area (Å²) in [6.45, 7) is 1.45. The monoisotopic (exact) mass is 360 g/mol. The van der Waals surface area contributed by atoms with E-state index in [-0.39, 0.29) is 11.8 Å². The Morgan fingerprint density at radius 1 is 0.815 bits per heavy atom. The molecule has 0 radical (unpaired) electrons. The van der Waals surface area contributed by atoms with Gasteiger partial charge in [0.05, 0.1) is 7.11 Å². The first-order valence-corrected chi connectivity index (χ1v) is 8.49. The van der Waals surface area contributed by atoms with Gasteiger partial charge in [-0.05, 0) is 48.0 Å². The van der Waals surface area contributed by atoms with Crippen molar-refractivity contribution in [1.82, 2.24) is 0 Å². The van der Waals surface area contributed by atoms with E-state index >= 15 is 0 Å². The van der Waals surface area contributed by atoms with E-state index in [1.807, 2.05) is 36.4 Å². The average Bonchev–Trinajstić information content (AvgIpc) is 2.69. The van der Waals surface area contributed by atoms with Crippen molar-refractivity contribution < 1.29 is 14.3 Å². The molecule has 3 aromatic rings. The summed E-state index contributed by atoms with van der Waals surface area (Å²) in [7, 11) is 1.61. The molecular weight excluding hydrogens is 340 g/mol. The first-order chi connectivity index (χ1) is 13.1. The predicted molar refractivity (Wildman–Crippen MR) is 107 cm³/mol. The van der Waals surface area contributed by atoms with E-state index in [9.17, 15) is 9.59 Å². The van der Waals surface area contributed by atoms with Crippen molar-refractivity contribution in [2.24, 2.45) is 0 Å². The third kappa shape index (κ3) is 4.52. The smallest absolute Gasteiger partial charge is 0.255 e. The molecule has 3 rings (SSSR count). The van der Waals surface area contributed by atoms with Gasteiger partial charge in [-0.3, -0.25) is 9.59 Å². The highest BCUT2D eigenvalue weighted by Gasteiger charge is 2.12. The van der Waals surface area contributed by atoms with Crippen molar-refractivity contribution in [3.8, 4) is 16.9 Å². The number of carbonyl (C=O) groups is 2. The molecule has 0 aliphatic heterocycles. The van der Waals surface area contributed by atoms with Gasteiger partial charge in [-0.15, -0.1) is 0 Å². The van der Waals surface area contributed by atoms with E-state index in [4.69, 9.17) is 4.74 Å². The van der Waals surface area contributed by atoms with Crippen LogP contribution in [0.3, 0.4) is 0 Å². The zero-order valence-corrected chi connectivity index (χ0v) is 15.2. The van der Waals surface area contributed by atoms with Crippen molar-refractivity contribution in [2.75, 3.05) is 17.7 Å². The topological polar surface area (TPSA) is 67.4 Å². The Bertz CT molecular complexity index is 951. The number of rotatable bonds is 5. The molecular formula is C22H20N2O3. The molecule has 0 saturated carbocycles. The fourth-order valence-electron chi connectivity index (χ4n) is 2.74. The molecule has 5 nitrogen and oxygen atoms in total. The molecule has 0 aliphatic carbocycles. The summed E-state index contributed by atoms with van der Waals surface area (Å²) in [6, 6.07) is 22.1. The molecule has 2 amide bonds. The van der Waals surface area contributed by atoms with Crippen LogP contribution in [-0.4, -0.2) is 18.9 Å². The molecule has 2 N–H and O–H groups in total. The van der Waals surface area contributed by atoms with Gasteiger partial charge in [0.15, 0.2) is 0 Å². The summed E-state index contributed by atoms with van der Waals surface area (Å²) >= 11 is 0. The van der Waals surface area contributed by atoms with Crippen LogP contribution < -0.4 is 15.4 Å². The molecule has 0 unspecified atom stereocenters. The van der Waals surface area contributed by atoms with Gasteiger partial charge in [0.2, 0.25) is 5.91 Å². The second-order valence-corrected chi connectivity index (χ2v) is 5.99. The van der Waals surface area contributed by atoms with Gasteiger partial charge in [-0.1, -0.05) is 30.3 Å². The van der Waals surface area contributed by atoms with Crippen molar-refractivity contribution in [3.05, 3.63) is 78.4 Å². The summed E-state index contributed by atoms with van der Waals surface area (Å²) in [6.07, 6.45) is 0. The predicted octanol–water partition coefficient (Wildman–Crippen LogP) is 4.57. The van der Waals surface area contributed by atoms with Gasteiger partial charge in [0.25, 0.3) is 5.91 Å². The van der Waals surface area contributed by atoms with Gasteiger partial charge in [0, 0.05) is 29.4 Å². The molecule has 136 valence electrons. The van der Waals surface area contributed by atoms with Crippen LogP contribution in [-0.2, 0) is 4.79 Å². The summed E-state index contributed by atoms with van der Waals surface area (Å²) in [5.74, 6) is 0.345. The van der Waals surface area contributed by atoms with Crippen molar-refractivity contribution >= 4 is 23.2 Å². The van der Waals surface area contributed by atoms with Crippen LogP contribution in [0, 0.1) is 0 Å². The van der Waals surface area contributed by atoms with Crippen LogP contribution in [0.25, 0.3) is 11.1 Å². The Hall–Kier alpha value is -3.60. The molecule has 0 bridgehead atoms. The maximum atomic E-state index is 12.6. The lowest BCUT2D eigenvalue weighted by molar-refractivity contribution is -0.114. The average molecular weight is 360 g/mol. The number of nitrogens with one attached hydrogen (secondary N) is 2. The summed E-state index contributed by atoms with van der Waals surface area (Å²) in [5, 5.41) is 5.55. The second kappa shape index (κ2) is 8.19. The Morgan fingerprint density at radius 3 is 2.04 bits per heavy atom. The SMILES string of the molecule is COc1ccc(C(=O)Nc2ccc(NC(C)=O)cc2)cc1-c1ccccc1. The molecule has 0 heterocycles. The van der Waals surface area contributed by atoms with E-state index in [0.717, 1.165) is 11.1 Å². The molecule has 0 saturated heterocycles. The van der Waals surface area contributed by atoms with Gasteiger partial charge >= 0.3 is 0 Å². The number of amides is 2. The Labute approximate surface area is 158 Å². The molecule has 0 aliphatic rings. The van der Waals surface area contributed by atoms with E-state index < -0.39 is 0 Å². The van der Waals surface area contributed by atoms with Crippen LogP contribution in [0.4, 0.5) is 11.4 Å². The standard InChI is InChI=1S/C22H20N2O3/c1-15(25)23-18-9-11-19(12-10-18)24-22(26)17-8-13-21(27-2)20(14-17)16-6-4-3-5-7-16/h3-14H,1-2H3,(H,23,25)(H,24,26). The van der Waals surface area contributed by atoms with Crippen molar-refractivity contribution in [1.29, 1.82) is 0 Å². The molecule has 0 aromatic heterocycles. The van der Waals surface area contributed by atoms with E-state index in [1.165, 1.54) is 6.92 Å². The number of hydrogen-bond acceptors (Lipinski definition) is 3. The molecule has 3 aromatic carbocycles. The van der Waals surface area contributed by atoms with E-state index in [2.05, 4.69) is 10.6 Å². The minimum Gasteiger partial charge on any atom is -0.496 e. The van der Waals surface area contributed by atoms with Crippen molar-refractivity contribution in [3.63, 3.8) is 0 Å². The van der Waals surface area contributed by atoms with Gasteiger partial charge in [0.1, 0.15) is 5.75 Å². The second-order valence-electron chi connectivity index (χ2n) is 5.99. The quantitative estimate of drug-likeness (QED) is 0.700. The minimum absolute atomic E-state index is 0.140. The third-order valence-corrected chi connectivity index (χ3v) is 4.01. The first-order valence-electron chi connectivity index (χ1n) is 8.49. The Kier molecular flexibility index (Phi) is 5.52. The zero-order chi connectivity index (χ0) is 19.2. The number of anilines is 2. The molecule has 27 heavy (non-hydrogen) atoms. The van der Waals surface area contributed by atoms with Crippen LogP contribution in [0.15, 0.2) is 72.8 Å². The highest BCUT2D eigenvalue weighted by atomic mass is 16.5. The zero-order valence-electron chi connectivity index (χ0n) is 15.2. The number of benzene rings is 3. The Morgan fingerprint density at radius 2 is 1.44 bits per heavy atom. The van der Waals surface area contributed by atoms with Gasteiger partial charge in [-0.25, -0.2) is 0 Å². The van der Waals surface area contributed by atoms with Crippen molar-refractivity contribution in [2.45, 2.75) is 6.92 Å². The highest BCUT2D eigenvalue weighted by Crippen LogP contribution is 2.31. The van der Waals surface area contributed by atoms with Gasteiger partial charge in [-0.2, -0.15) is 0 Å². The summed E-state index contributed by atoms with van der Waals surface area (Å²) < 4.78 is 5.43. The van der Waals surface area contributed by atoms with Crippen LogP contribution in [0.1, 0.15) is 17.3 Å². The van der Waals surface area contributed by atoms with Crippen LogP contribution in [0.2, 0.25) is 0 Å². The number of hydrogen-bond donors (Lipinski definition) is 2. The van der Waals surface area contributed by atoms with Crippen LogP contribution in [0.5, 0.6) is 5.75 Å². The number of carbonyl (C=O) groups excluding carboxylic acids is 2. The number of methoxy groups -OCH3 is 1. The van der Waals surface area contributed by atoms with Crippen LogP contribution >= 0.6 is 0 Å². The summed E-state index contributed by atoms with van der Waals surface area (Å²) in [5.41, 5.74) is 3.68. The highest BCUT2D eigenvalue weighted by molar-refractivity contribution is 6.05. The Balaban J connectivity index is 1.81. The fourth-order valence-corrected chi connectivity index (χ4v) is 2.74. The summed E-state index contributed by atoms with van der Waals surface area (Å²) in [4.78, 5) is 23.7. The maximum Gasteiger partial charge on any atom is 0.255 e.